The molecule has 1 amide bonds. The smallest absolute Gasteiger partial charge is 0.222 e. The van der Waals surface area contributed by atoms with E-state index in [1.807, 2.05) is 0 Å². The van der Waals surface area contributed by atoms with Crippen LogP contribution in [0.2, 0.25) is 0 Å². The van der Waals surface area contributed by atoms with Gasteiger partial charge in [-0.2, -0.15) is 0 Å². The molecule has 0 aromatic rings. The van der Waals surface area contributed by atoms with Crippen LogP contribution in [0.25, 0.3) is 0 Å². The Balaban J connectivity index is 1.69. The van der Waals surface area contributed by atoms with E-state index in [9.17, 15) is 4.79 Å². The van der Waals surface area contributed by atoms with Gasteiger partial charge in [0.05, 0.1) is 0 Å². The van der Waals surface area contributed by atoms with Gasteiger partial charge >= 0.3 is 0 Å². The summed E-state index contributed by atoms with van der Waals surface area (Å²) in [6.45, 7) is 14.8. The lowest BCUT2D eigenvalue weighted by molar-refractivity contribution is -0.136. The molecule has 2 aliphatic rings. The Bertz CT molecular complexity index is 337. The molecule has 2 heterocycles. The normalized spacial score (nSPS) is 23.4. The number of amides is 1. The van der Waals surface area contributed by atoms with Crippen LogP contribution in [0, 0.1) is 17.3 Å². The maximum absolute atomic E-state index is 12.2. The lowest BCUT2D eigenvalue weighted by Gasteiger charge is -2.54. The molecule has 1 spiro atoms. The summed E-state index contributed by atoms with van der Waals surface area (Å²) in [5.74, 6) is 1.83. The van der Waals surface area contributed by atoms with Crippen LogP contribution in [0.15, 0.2) is 0 Å². The lowest BCUT2D eigenvalue weighted by Crippen LogP contribution is -2.61. The predicted octanol–water partition coefficient (Wildman–Crippen LogP) is 3.39. The maximum atomic E-state index is 12.2. The zero-order valence-corrected chi connectivity index (χ0v) is 14.5. The second kappa shape index (κ2) is 7.13. The average Bonchev–Trinajstić information content (AvgIpc) is 2.43. The second-order valence-corrected chi connectivity index (χ2v) is 8.00. The zero-order chi connectivity index (χ0) is 15.5. The summed E-state index contributed by atoms with van der Waals surface area (Å²) in [5, 5.41) is 0. The van der Waals surface area contributed by atoms with Crippen LogP contribution >= 0.6 is 0 Å². The largest absolute Gasteiger partial charge is 0.343 e. The van der Waals surface area contributed by atoms with Gasteiger partial charge in [0.2, 0.25) is 5.91 Å². The Morgan fingerprint density at radius 1 is 1.14 bits per heavy atom. The van der Waals surface area contributed by atoms with Crippen LogP contribution in [0.4, 0.5) is 0 Å². The van der Waals surface area contributed by atoms with Gasteiger partial charge in [0, 0.05) is 39.1 Å². The molecule has 0 aromatic heterocycles. The van der Waals surface area contributed by atoms with Crippen molar-refractivity contribution in [3.63, 3.8) is 0 Å². The van der Waals surface area contributed by atoms with Gasteiger partial charge in [-0.1, -0.05) is 34.1 Å². The first-order valence-corrected chi connectivity index (χ1v) is 8.94. The Labute approximate surface area is 131 Å². The summed E-state index contributed by atoms with van der Waals surface area (Å²) >= 11 is 0. The van der Waals surface area contributed by atoms with Gasteiger partial charge in [0.25, 0.3) is 0 Å². The molecular formula is C18H34N2O. The van der Waals surface area contributed by atoms with Gasteiger partial charge in [-0.25, -0.2) is 0 Å². The van der Waals surface area contributed by atoms with E-state index in [-0.39, 0.29) is 0 Å². The molecule has 0 aliphatic carbocycles. The van der Waals surface area contributed by atoms with E-state index in [1.165, 1.54) is 38.9 Å². The first kappa shape index (κ1) is 16.8. The second-order valence-electron chi connectivity index (χ2n) is 8.00. The van der Waals surface area contributed by atoms with Crippen molar-refractivity contribution in [3.8, 4) is 0 Å². The van der Waals surface area contributed by atoms with Crippen LogP contribution in [0.3, 0.4) is 0 Å². The van der Waals surface area contributed by atoms with Gasteiger partial charge < -0.3 is 9.80 Å². The molecule has 21 heavy (non-hydrogen) atoms. The van der Waals surface area contributed by atoms with Crippen molar-refractivity contribution < 1.29 is 4.79 Å². The molecule has 0 radical (unpaired) electrons. The van der Waals surface area contributed by atoms with E-state index in [1.54, 1.807) is 0 Å². The molecule has 2 aliphatic heterocycles. The molecular weight excluding hydrogens is 260 g/mol. The fourth-order valence-electron chi connectivity index (χ4n) is 3.72. The monoisotopic (exact) mass is 294 g/mol. The van der Waals surface area contributed by atoms with Crippen LogP contribution in [-0.2, 0) is 4.79 Å². The minimum Gasteiger partial charge on any atom is -0.343 e. The van der Waals surface area contributed by atoms with Crippen molar-refractivity contribution in [2.45, 2.75) is 59.8 Å². The summed E-state index contributed by atoms with van der Waals surface area (Å²) in [6.07, 6.45) is 5.49. The highest BCUT2D eigenvalue weighted by Gasteiger charge is 2.45. The number of likely N-dealkylation sites (tertiary alicyclic amines) is 2. The minimum absolute atomic E-state index is 0.384. The molecule has 3 nitrogen and oxygen atoms in total. The summed E-state index contributed by atoms with van der Waals surface area (Å²) in [4.78, 5) is 16.9. The number of hydrogen-bond donors (Lipinski definition) is 0. The number of piperidine rings is 1. The SMILES string of the molecule is CCC(C)CN1CC2(CCN(C(=O)CCC(C)C)CC2)C1. The van der Waals surface area contributed by atoms with E-state index >= 15 is 0 Å². The van der Waals surface area contributed by atoms with Gasteiger partial charge in [0.15, 0.2) is 0 Å². The molecule has 2 rings (SSSR count). The molecule has 0 saturated carbocycles. The number of carbonyl (C=O) groups is 1. The van der Waals surface area contributed by atoms with Crippen molar-refractivity contribution in [2.24, 2.45) is 17.3 Å². The summed E-state index contributed by atoms with van der Waals surface area (Å²) in [7, 11) is 0. The van der Waals surface area contributed by atoms with Gasteiger partial charge in [-0.3, -0.25) is 4.79 Å². The van der Waals surface area contributed by atoms with E-state index < -0.39 is 0 Å². The third-order valence-corrected chi connectivity index (χ3v) is 5.50. The average molecular weight is 294 g/mol. The Morgan fingerprint density at radius 2 is 1.76 bits per heavy atom. The highest BCUT2D eigenvalue weighted by atomic mass is 16.2. The van der Waals surface area contributed by atoms with Crippen molar-refractivity contribution in [1.82, 2.24) is 9.80 Å². The quantitative estimate of drug-likeness (QED) is 0.749. The number of rotatable bonds is 6. The van der Waals surface area contributed by atoms with Crippen LogP contribution < -0.4 is 0 Å². The van der Waals surface area contributed by atoms with E-state index in [4.69, 9.17) is 0 Å². The highest BCUT2D eigenvalue weighted by molar-refractivity contribution is 5.76. The molecule has 122 valence electrons. The van der Waals surface area contributed by atoms with Crippen molar-refractivity contribution >= 4 is 5.91 Å². The molecule has 0 bridgehead atoms. The fourth-order valence-corrected chi connectivity index (χ4v) is 3.72. The number of hydrogen-bond acceptors (Lipinski definition) is 2. The molecule has 1 atom stereocenters. The van der Waals surface area contributed by atoms with Crippen LogP contribution in [0.1, 0.15) is 59.8 Å². The minimum atomic E-state index is 0.384. The van der Waals surface area contributed by atoms with Gasteiger partial charge in [-0.15, -0.1) is 0 Å². The topological polar surface area (TPSA) is 23.6 Å². The zero-order valence-electron chi connectivity index (χ0n) is 14.5. The molecule has 2 fully saturated rings. The van der Waals surface area contributed by atoms with Gasteiger partial charge in [0.1, 0.15) is 0 Å². The molecule has 0 aromatic carbocycles. The molecule has 1 unspecified atom stereocenters. The molecule has 3 heteroatoms. The standard InChI is InChI=1S/C18H34N2O/c1-5-16(4)12-19-13-18(14-19)8-10-20(11-9-18)17(21)7-6-15(2)3/h15-16H,5-14H2,1-4H3. The predicted molar refractivity (Wildman–Crippen MR) is 88.2 cm³/mol. The number of nitrogens with zero attached hydrogens (tertiary/aromatic N) is 2. The van der Waals surface area contributed by atoms with Gasteiger partial charge in [-0.05, 0) is 36.5 Å². The Kier molecular flexibility index (Phi) is 5.70. The Hall–Kier alpha value is -0.570. The van der Waals surface area contributed by atoms with Crippen LogP contribution in [-0.4, -0.2) is 48.4 Å². The van der Waals surface area contributed by atoms with Crippen molar-refractivity contribution in [1.29, 1.82) is 0 Å². The lowest BCUT2D eigenvalue weighted by atomic mass is 9.71. The first-order valence-electron chi connectivity index (χ1n) is 8.94. The van der Waals surface area contributed by atoms with E-state index in [2.05, 4.69) is 37.5 Å². The van der Waals surface area contributed by atoms with E-state index in [0.29, 0.717) is 17.2 Å². The van der Waals surface area contributed by atoms with E-state index in [0.717, 1.165) is 31.8 Å². The van der Waals surface area contributed by atoms with Crippen molar-refractivity contribution in [3.05, 3.63) is 0 Å². The summed E-state index contributed by atoms with van der Waals surface area (Å²) < 4.78 is 0. The number of carbonyl (C=O) groups excluding carboxylic acids is 1. The summed E-state index contributed by atoms with van der Waals surface area (Å²) in [6, 6.07) is 0. The fraction of sp³-hybridized carbons (Fsp3) is 0.944. The third-order valence-electron chi connectivity index (χ3n) is 5.50. The molecule has 0 N–H and O–H groups in total. The Morgan fingerprint density at radius 3 is 2.29 bits per heavy atom. The van der Waals surface area contributed by atoms with Crippen LogP contribution in [0.5, 0.6) is 0 Å². The highest BCUT2D eigenvalue weighted by Crippen LogP contribution is 2.40. The summed E-state index contributed by atoms with van der Waals surface area (Å²) in [5.41, 5.74) is 0.544. The first-order chi connectivity index (χ1) is 9.94. The maximum Gasteiger partial charge on any atom is 0.222 e. The molecule has 2 saturated heterocycles. The third kappa shape index (κ3) is 4.45. The van der Waals surface area contributed by atoms with Crippen molar-refractivity contribution in [2.75, 3.05) is 32.7 Å².